The van der Waals surface area contributed by atoms with E-state index in [2.05, 4.69) is 45.6 Å². The highest BCUT2D eigenvalue weighted by atomic mass is 14.2. The highest BCUT2D eigenvalue weighted by Crippen LogP contribution is 2.33. The van der Waals surface area contributed by atoms with E-state index < -0.39 is 0 Å². The summed E-state index contributed by atoms with van der Waals surface area (Å²) in [5.74, 6) is 0. The minimum atomic E-state index is 1.08. The van der Waals surface area contributed by atoms with Gasteiger partial charge in [-0.25, -0.2) is 0 Å². The maximum atomic E-state index is 4.11. The van der Waals surface area contributed by atoms with E-state index >= 15 is 0 Å². The molecule has 2 rings (SSSR count). The molecular formula is C16H20. The van der Waals surface area contributed by atoms with Gasteiger partial charge in [0.2, 0.25) is 0 Å². The van der Waals surface area contributed by atoms with E-state index in [0.29, 0.717) is 0 Å². The Morgan fingerprint density at radius 3 is 2.44 bits per heavy atom. The highest BCUT2D eigenvalue weighted by Gasteiger charge is 2.14. The SMILES string of the molecule is C=C1C=C(C)CC1=CC1=C(CC)CC(C)=C1. The van der Waals surface area contributed by atoms with Crippen molar-refractivity contribution in [1.29, 1.82) is 0 Å². The van der Waals surface area contributed by atoms with Gasteiger partial charge in [-0.1, -0.05) is 48.5 Å². The van der Waals surface area contributed by atoms with Gasteiger partial charge in [0.15, 0.2) is 0 Å². The van der Waals surface area contributed by atoms with Gasteiger partial charge in [0, 0.05) is 0 Å². The zero-order chi connectivity index (χ0) is 11.7. The molecule has 84 valence electrons. The van der Waals surface area contributed by atoms with Crippen molar-refractivity contribution in [3.05, 3.63) is 58.2 Å². The van der Waals surface area contributed by atoms with E-state index in [9.17, 15) is 0 Å². The van der Waals surface area contributed by atoms with Crippen LogP contribution in [0.4, 0.5) is 0 Å². The van der Waals surface area contributed by atoms with E-state index in [1.165, 1.54) is 27.9 Å². The van der Waals surface area contributed by atoms with Crippen LogP contribution in [0.5, 0.6) is 0 Å². The molecule has 0 saturated heterocycles. The van der Waals surface area contributed by atoms with Crippen LogP contribution in [0.25, 0.3) is 0 Å². The lowest BCUT2D eigenvalue weighted by Gasteiger charge is -2.03. The minimum Gasteiger partial charge on any atom is -0.0915 e. The van der Waals surface area contributed by atoms with Crippen molar-refractivity contribution in [3.8, 4) is 0 Å². The molecule has 0 aromatic carbocycles. The molecule has 0 amide bonds. The zero-order valence-corrected chi connectivity index (χ0v) is 10.6. The maximum Gasteiger partial charge on any atom is -0.00606 e. The van der Waals surface area contributed by atoms with Crippen molar-refractivity contribution >= 4 is 0 Å². The van der Waals surface area contributed by atoms with Crippen molar-refractivity contribution in [2.75, 3.05) is 0 Å². The second kappa shape index (κ2) is 4.29. The average molecular weight is 212 g/mol. The molecule has 0 heterocycles. The molecule has 0 spiro atoms. The van der Waals surface area contributed by atoms with Crippen molar-refractivity contribution < 1.29 is 0 Å². The Bertz CT molecular complexity index is 450. The van der Waals surface area contributed by atoms with Crippen LogP contribution in [0.1, 0.15) is 40.0 Å². The van der Waals surface area contributed by atoms with E-state index in [1.807, 2.05) is 0 Å². The Hall–Kier alpha value is -1.30. The van der Waals surface area contributed by atoms with Crippen LogP contribution in [0.2, 0.25) is 0 Å². The fourth-order valence-electron chi connectivity index (χ4n) is 2.52. The molecule has 0 unspecified atom stereocenters. The van der Waals surface area contributed by atoms with Gasteiger partial charge in [-0.15, -0.1) is 0 Å². The maximum absolute atomic E-state index is 4.11. The Morgan fingerprint density at radius 2 is 1.88 bits per heavy atom. The summed E-state index contributed by atoms with van der Waals surface area (Å²) in [5, 5.41) is 0. The summed E-state index contributed by atoms with van der Waals surface area (Å²) >= 11 is 0. The molecule has 2 aliphatic carbocycles. The van der Waals surface area contributed by atoms with E-state index in [1.54, 1.807) is 5.57 Å². The number of hydrogen-bond donors (Lipinski definition) is 0. The fraction of sp³-hybridized carbons (Fsp3) is 0.375. The first-order valence-electron chi connectivity index (χ1n) is 6.06. The molecule has 16 heavy (non-hydrogen) atoms. The van der Waals surface area contributed by atoms with E-state index in [-0.39, 0.29) is 0 Å². The highest BCUT2D eigenvalue weighted by molar-refractivity contribution is 5.55. The Labute approximate surface area is 98.8 Å². The third kappa shape index (κ3) is 2.11. The summed E-state index contributed by atoms with van der Waals surface area (Å²) in [4.78, 5) is 0. The van der Waals surface area contributed by atoms with Crippen LogP contribution in [0.15, 0.2) is 58.2 Å². The first-order valence-corrected chi connectivity index (χ1v) is 6.06. The smallest absolute Gasteiger partial charge is 0.00606 e. The molecular weight excluding hydrogens is 192 g/mol. The lowest BCUT2D eigenvalue weighted by Crippen LogP contribution is -1.84. The summed E-state index contributed by atoms with van der Waals surface area (Å²) < 4.78 is 0. The second-order valence-electron chi connectivity index (χ2n) is 4.94. The number of hydrogen-bond acceptors (Lipinski definition) is 0. The Kier molecular flexibility index (Phi) is 3.00. The zero-order valence-electron chi connectivity index (χ0n) is 10.6. The largest absolute Gasteiger partial charge is 0.0915 e. The third-order valence-electron chi connectivity index (χ3n) is 3.36. The van der Waals surface area contributed by atoms with Crippen molar-refractivity contribution in [1.82, 2.24) is 0 Å². The molecule has 0 aliphatic heterocycles. The lowest BCUT2D eigenvalue weighted by atomic mass is 10.0. The van der Waals surface area contributed by atoms with Crippen LogP contribution in [0, 0.1) is 0 Å². The summed E-state index contributed by atoms with van der Waals surface area (Å²) in [5.41, 5.74) is 8.50. The molecule has 0 nitrogen and oxygen atoms in total. The van der Waals surface area contributed by atoms with Crippen LogP contribution in [-0.4, -0.2) is 0 Å². The van der Waals surface area contributed by atoms with Crippen LogP contribution in [-0.2, 0) is 0 Å². The number of allylic oxidation sites excluding steroid dienone is 9. The van der Waals surface area contributed by atoms with Gasteiger partial charge in [0.05, 0.1) is 0 Å². The van der Waals surface area contributed by atoms with E-state index in [4.69, 9.17) is 0 Å². The van der Waals surface area contributed by atoms with Gasteiger partial charge >= 0.3 is 0 Å². The van der Waals surface area contributed by atoms with Gasteiger partial charge < -0.3 is 0 Å². The van der Waals surface area contributed by atoms with Crippen molar-refractivity contribution in [2.24, 2.45) is 0 Å². The molecule has 0 radical (unpaired) electrons. The molecule has 0 aromatic rings. The first-order chi connectivity index (χ1) is 7.60. The third-order valence-corrected chi connectivity index (χ3v) is 3.36. The topological polar surface area (TPSA) is 0 Å². The van der Waals surface area contributed by atoms with Gasteiger partial charge in [0.1, 0.15) is 0 Å². The van der Waals surface area contributed by atoms with Gasteiger partial charge in [-0.2, -0.15) is 0 Å². The summed E-state index contributed by atoms with van der Waals surface area (Å²) in [6.07, 6.45) is 10.3. The number of rotatable bonds is 2. The Morgan fingerprint density at radius 1 is 1.19 bits per heavy atom. The predicted octanol–water partition coefficient (Wildman–Crippen LogP) is 4.88. The van der Waals surface area contributed by atoms with Gasteiger partial charge in [-0.05, 0) is 49.8 Å². The van der Waals surface area contributed by atoms with Crippen molar-refractivity contribution in [3.63, 3.8) is 0 Å². The summed E-state index contributed by atoms with van der Waals surface area (Å²) in [6, 6.07) is 0. The summed E-state index contributed by atoms with van der Waals surface area (Å²) in [6.45, 7) is 10.7. The monoisotopic (exact) mass is 212 g/mol. The van der Waals surface area contributed by atoms with Crippen molar-refractivity contribution in [2.45, 2.75) is 40.0 Å². The average Bonchev–Trinajstić information content (AvgIpc) is 2.71. The molecule has 0 saturated carbocycles. The predicted molar refractivity (Wildman–Crippen MR) is 71.3 cm³/mol. The summed E-state index contributed by atoms with van der Waals surface area (Å²) in [7, 11) is 0. The quantitative estimate of drug-likeness (QED) is 0.612. The van der Waals surface area contributed by atoms with Crippen LogP contribution in [0.3, 0.4) is 0 Å². The lowest BCUT2D eigenvalue weighted by molar-refractivity contribution is 1.01. The molecule has 0 fully saturated rings. The van der Waals surface area contributed by atoms with E-state index in [0.717, 1.165) is 19.3 Å². The Balaban J connectivity index is 2.28. The van der Waals surface area contributed by atoms with Gasteiger partial charge in [-0.3, -0.25) is 0 Å². The molecule has 0 atom stereocenters. The van der Waals surface area contributed by atoms with Gasteiger partial charge in [0.25, 0.3) is 0 Å². The minimum absolute atomic E-state index is 1.08. The molecule has 0 N–H and O–H groups in total. The first kappa shape index (κ1) is 11.2. The fourth-order valence-corrected chi connectivity index (χ4v) is 2.52. The standard InChI is InChI=1S/C16H20/c1-5-14-7-12(3)9-16(14)10-15-8-11(2)6-13(15)4/h6,9-10H,4-5,7-8H2,1-3H3. The second-order valence-corrected chi connectivity index (χ2v) is 4.94. The molecule has 0 aromatic heterocycles. The molecule has 2 aliphatic rings. The van der Waals surface area contributed by atoms with Crippen LogP contribution < -0.4 is 0 Å². The molecule has 0 heteroatoms. The normalized spacial score (nSPS) is 23.2. The molecule has 0 bridgehead atoms. The van der Waals surface area contributed by atoms with Crippen LogP contribution >= 0.6 is 0 Å².